The van der Waals surface area contributed by atoms with Crippen LogP contribution < -0.4 is 5.32 Å². The number of rotatable bonds is 2. The van der Waals surface area contributed by atoms with Crippen LogP contribution in [0.3, 0.4) is 0 Å². The van der Waals surface area contributed by atoms with Crippen LogP contribution in [0.1, 0.15) is 40.7 Å². The van der Waals surface area contributed by atoms with Crippen LogP contribution in [0.4, 0.5) is 5.69 Å². The fraction of sp³-hybridized carbons (Fsp3) is 0.429. The maximum Gasteiger partial charge on any atom is 0.211 e. The molecule has 17 heavy (non-hydrogen) atoms. The van der Waals surface area contributed by atoms with Gasteiger partial charge in [0.1, 0.15) is 0 Å². The van der Waals surface area contributed by atoms with E-state index in [0.717, 1.165) is 56.2 Å². The highest BCUT2D eigenvalue weighted by Crippen LogP contribution is 2.41. The number of anilines is 1. The molecule has 86 valence electrons. The van der Waals surface area contributed by atoms with Gasteiger partial charge in [-0.05, 0) is 60.8 Å². The van der Waals surface area contributed by atoms with Crippen molar-refractivity contribution in [3.63, 3.8) is 0 Å². The van der Waals surface area contributed by atoms with Gasteiger partial charge in [-0.1, -0.05) is 0 Å². The van der Waals surface area contributed by atoms with Crippen molar-refractivity contribution < 1.29 is 4.79 Å². The van der Waals surface area contributed by atoms with Crippen LogP contribution in [0.2, 0.25) is 0 Å². The summed E-state index contributed by atoms with van der Waals surface area (Å²) >= 11 is 0. The number of benzene rings is 1. The second-order valence-corrected chi connectivity index (χ2v) is 4.75. The van der Waals surface area contributed by atoms with Crippen molar-refractivity contribution in [1.82, 2.24) is 0 Å². The van der Waals surface area contributed by atoms with Crippen LogP contribution in [0.25, 0.3) is 0 Å². The molecular weight excluding hydrogens is 212 g/mol. The normalized spacial score (nSPS) is 16.2. The summed E-state index contributed by atoms with van der Waals surface area (Å²) in [6.07, 6.45) is 6.92. The van der Waals surface area contributed by atoms with E-state index in [-0.39, 0.29) is 0 Å². The van der Waals surface area contributed by atoms with Crippen molar-refractivity contribution in [3.05, 3.63) is 27.8 Å². The lowest BCUT2D eigenvalue weighted by atomic mass is 9.93. The number of nitrogens with one attached hydrogen (secondary N) is 1. The molecule has 0 bridgehead atoms. The minimum absolute atomic E-state index is 0.762. The Kier molecular flexibility index (Phi) is 2.36. The van der Waals surface area contributed by atoms with E-state index < -0.39 is 0 Å². The van der Waals surface area contributed by atoms with Gasteiger partial charge in [0.05, 0.1) is 11.6 Å². The molecule has 0 heterocycles. The predicted octanol–water partition coefficient (Wildman–Crippen LogP) is 2.10. The first kappa shape index (κ1) is 10.3. The molecule has 2 aliphatic rings. The second kappa shape index (κ2) is 3.89. The highest BCUT2D eigenvalue weighted by atomic mass is 16.1. The molecule has 0 aromatic heterocycles. The van der Waals surface area contributed by atoms with E-state index in [2.05, 4.69) is 11.4 Å². The third-order valence-electron chi connectivity index (χ3n) is 3.96. The first-order valence-corrected chi connectivity index (χ1v) is 6.16. The van der Waals surface area contributed by atoms with Crippen LogP contribution in [-0.4, -0.2) is 6.41 Å². The van der Waals surface area contributed by atoms with Gasteiger partial charge in [0.2, 0.25) is 6.41 Å². The van der Waals surface area contributed by atoms with Gasteiger partial charge >= 0.3 is 0 Å². The zero-order valence-electron chi connectivity index (χ0n) is 9.68. The smallest absolute Gasteiger partial charge is 0.211 e. The third-order valence-corrected chi connectivity index (χ3v) is 3.96. The van der Waals surface area contributed by atoms with Crippen molar-refractivity contribution in [1.29, 1.82) is 5.26 Å². The van der Waals surface area contributed by atoms with Crippen LogP contribution in [0.15, 0.2) is 0 Å². The van der Waals surface area contributed by atoms with Gasteiger partial charge in [-0.15, -0.1) is 0 Å². The molecule has 0 saturated heterocycles. The van der Waals surface area contributed by atoms with Gasteiger partial charge in [0, 0.05) is 5.69 Å². The van der Waals surface area contributed by atoms with E-state index >= 15 is 0 Å². The summed E-state index contributed by atoms with van der Waals surface area (Å²) in [4.78, 5) is 10.8. The Morgan fingerprint density at radius 3 is 2.00 bits per heavy atom. The quantitative estimate of drug-likeness (QED) is 0.785. The first-order valence-electron chi connectivity index (χ1n) is 6.16. The average molecular weight is 226 g/mol. The summed E-state index contributed by atoms with van der Waals surface area (Å²) in [5, 5.41) is 12.2. The molecule has 3 rings (SSSR count). The fourth-order valence-electron chi connectivity index (χ4n) is 3.32. The van der Waals surface area contributed by atoms with Crippen molar-refractivity contribution in [2.45, 2.75) is 38.5 Å². The summed E-state index contributed by atoms with van der Waals surface area (Å²) < 4.78 is 0. The van der Waals surface area contributed by atoms with E-state index in [4.69, 9.17) is 0 Å². The molecule has 1 amide bonds. The molecule has 2 aliphatic carbocycles. The number of nitriles is 1. The summed E-state index contributed by atoms with van der Waals surface area (Å²) in [5.74, 6) is 0. The number of fused-ring (bicyclic) bond motifs is 2. The molecule has 0 saturated carbocycles. The Labute approximate surface area is 100 Å². The van der Waals surface area contributed by atoms with E-state index in [1.54, 1.807) is 0 Å². The van der Waals surface area contributed by atoms with Crippen molar-refractivity contribution in [2.24, 2.45) is 0 Å². The number of hydrogen-bond acceptors (Lipinski definition) is 2. The zero-order chi connectivity index (χ0) is 11.8. The Morgan fingerprint density at radius 1 is 1.00 bits per heavy atom. The summed E-state index contributed by atoms with van der Waals surface area (Å²) in [6.45, 7) is 0. The van der Waals surface area contributed by atoms with Crippen molar-refractivity contribution in [3.8, 4) is 6.07 Å². The van der Waals surface area contributed by atoms with E-state index in [1.807, 2.05) is 0 Å². The Balaban J connectivity index is 2.31. The number of carbonyl (C=O) groups excluding carboxylic acids is 1. The number of hydrogen-bond donors (Lipinski definition) is 1. The maximum atomic E-state index is 10.8. The molecule has 0 unspecified atom stereocenters. The van der Waals surface area contributed by atoms with Gasteiger partial charge in [0.15, 0.2) is 0 Å². The maximum absolute atomic E-state index is 10.8. The summed E-state index contributed by atoms with van der Waals surface area (Å²) in [5.41, 5.74) is 6.74. The van der Waals surface area contributed by atoms with E-state index in [0.29, 0.717) is 0 Å². The lowest BCUT2D eigenvalue weighted by molar-refractivity contribution is -0.105. The monoisotopic (exact) mass is 226 g/mol. The second-order valence-electron chi connectivity index (χ2n) is 4.75. The SMILES string of the molecule is N#Cc1c2c(c(NC=O)c3c1CCC3)CCC2. The Hall–Kier alpha value is -1.82. The van der Waals surface area contributed by atoms with Crippen molar-refractivity contribution >= 4 is 12.1 Å². The van der Waals surface area contributed by atoms with Crippen LogP contribution >= 0.6 is 0 Å². The third kappa shape index (κ3) is 1.37. The molecule has 1 aromatic carbocycles. The standard InChI is InChI=1S/C14H14N2O/c15-7-13-9-3-1-5-11(9)14(16-8-17)12-6-2-4-10(12)13/h8H,1-6H2,(H,16,17). The Morgan fingerprint density at radius 2 is 1.53 bits per heavy atom. The van der Waals surface area contributed by atoms with Gasteiger partial charge in [-0.2, -0.15) is 5.26 Å². The lowest BCUT2D eigenvalue weighted by Crippen LogP contribution is -2.06. The molecule has 0 fully saturated rings. The number of carbonyl (C=O) groups is 1. The first-order chi connectivity index (χ1) is 8.36. The van der Waals surface area contributed by atoms with E-state index in [9.17, 15) is 10.1 Å². The molecule has 1 aromatic rings. The molecule has 1 N–H and O–H groups in total. The molecular formula is C14H14N2O. The number of amides is 1. The van der Waals surface area contributed by atoms with Crippen LogP contribution in [0.5, 0.6) is 0 Å². The summed E-state index contributed by atoms with van der Waals surface area (Å²) in [7, 11) is 0. The molecule has 0 aliphatic heterocycles. The van der Waals surface area contributed by atoms with Gasteiger partial charge in [0.25, 0.3) is 0 Å². The largest absolute Gasteiger partial charge is 0.328 e. The zero-order valence-corrected chi connectivity index (χ0v) is 9.68. The highest BCUT2D eigenvalue weighted by molar-refractivity contribution is 5.80. The van der Waals surface area contributed by atoms with Gasteiger partial charge < -0.3 is 5.32 Å². The molecule has 3 heteroatoms. The van der Waals surface area contributed by atoms with Crippen LogP contribution in [0, 0.1) is 11.3 Å². The summed E-state index contributed by atoms with van der Waals surface area (Å²) in [6, 6.07) is 2.38. The van der Waals surface area contributed by atoms with Gasteiger partial charge in [-0.3, -0.25) is 4.79 Å². The Bertz CT molecular complexity index is 505. The predicted molar refractivity (Wildman–Crippen MR) is 64.9 cm³/mol. The lowest BCUT2D eigenvalue weighted by Gasteiger charge is -2.15. The van der Waals surface area contributed by atoms with E-state index in [1.165, 1.54) is 22.3 Å². The van der Waals surface area contributed by atoms with Gasteiger partial charge in [-0.25, -0.2) is 0 Å². The number of nitrogens with zero attached hydrogens (tertiary/aromatic N) is 1. The molecule has 0 spiro atoms. The van der Waals surface area contributed by atoms with Crippen molar-refractivity contribution in [2.75, 3.05) is 5.32 Å². The topological polar surface area (TPSA) is 52.9 Å². The molecule has 3 nitrogen and oxygen atoms in total. The minimum atomic E-state index is 0.762. The van der Waals surface area contributed by atoms with Crippen LogP contribution in [-0.2, 0) is 30.5 Å². The highest BCUT2D eigenvalue weighted by Gasteiger charge is 2.28. The minimum Gasteiger partial charge on any atom is -0.328 e. The fourth-order valence-corrected chi connectivity index (χ4v) is 3.32. The average Bonchev–Trinajstić information content (AvgIpc) is 2.96. The molecule has 0 atom stereocenters. The molecule has 0 radical (unpaired) electrons.